The fourth-order valence-electron chi connectivity index (χ4n) is 3.16. The highest BCUT2D eigenvalue weighted by Gasteiger charge is 2.16. The van der Waals surface area contributed by atoms with Gasteiger partial charge in [0.05, 0.1) is 29.7 Å². The average molecular weight is 481 g/mol. The van der Waals surface area contributed by atoms with E-state index in [1.54, 1.807) is 31.4 Å². The first-order valence-electron chi connectivity index (χ1n) is 10.4. The number of hydrazine groups is 1. The van der Waals surface area contributed by atoms with Gasteiger partial charge in [0.25, 0.3) is 0 Å². The Hall–Kier alpha value is -4.10. The van der Waals surface area contributed by atoms with Gasteiger partial charge in [0.2, 0.25) is 6.41 Å². The van der Waals surface area contributed by atoms with Crippen molar-refractivity contribution in [3.63, 3.8) is 0 Å². The molecule has 0 spiro atoms. The van der Waals surface area contributed by atoms with Crippen molar-refractivity contribution < 1.29 is 9.53 Å². The van der Waals surface area contributed by atoms with E-state index in [2.05, 4.69) is 37.1 Å². The van der Waals surface area contributed by atoms with Gasteiger partial charge in [-0.1, -0.05) is 31.5 Å². The van der Waals surface area contributed by atoms with Crippen LogP contribution in [0.4, 0.5) is 28.8 Å². The molecule has 1 aromatic carbocycles. The maximum absolute atomic E-state index is 11.2. The van der Waals surface area contributed by atoms with Crippen LogP contribution >= 0.6 is 11.6 Å². The van der Waals surface area contributed by atoms with E-state index in [0.29, 0.717) is 51.7 Å². The fourth-order valence-corrected chi connectivity index (χ4v) is 3.41. The summed E-state index contributed by atoms with van der Waals surface area (Å²) in [4.78, 5) is 24.5. The van der Waals surface area contributed by atoms with Crippen LogP contribution in [0.3, 0.4) is 0 Å². The number of halogens is 1. The summed E-state index contributed by atoms with van der Waals surface area (Å²) < 4.78 is 5.44. The highest BCUT2D eigenvalue weighted by Crippen LogP contribution is 2.37. The van der Waals surface area contributed by atoms with Crippen LogP contribution in [0.2, 0.25) is 5.02 Å². The Kier molecular flexibility index (Phi) is 7.71. The molecule has 3 rings (SSSR count). The molecule has 10 nitrogen and oxygen atoms in total. The average Bonchev–Trinajstić information content (AvgIpc) is 2.81. The third-order valence-corrected chi connectivity index (χ3v) is 5.16. The van der Waals surface area contributed by atoms with Gasteiger partial charge in [-0.05, 0) is 25.0 Å². The zero-order valence-corrected chi connectivity index (χ0v) is 20.2. The molecule has 3 aromatic rings. The Morgan fingerprint density at radius 1 is 1.21 bits per heavy atom. The monoisotopic (exact) mass is 480 g/mol. The maximum Gasteiger partial charge on any atom is 0.227 e. The van der Waals surface area contributed by atoms with E-state index < -0.39 is 0 Å². The Morgan fingerprint density at radius 2 is 1.97 bits per heavy atom. The summed E-state index contributed by atoms with van der Waals surface area (Å²) in [5, 5.41) is 17.6. The molecule has 0 atom stereocenters. The summed E-state index contributed by atoms with van der Waals surface area (Å²) in [7, 11) is 3.10. The van der Waals surface area contributed by atoms with Crippen LogP contribution in [0, 0.1) is 18.3 Å². The number of nitrogens with one attached hydrogen (secondary N) is 3. The first-order valence-corrected chi connectivity index (χ1v) is 10.7. The van der Waals surface area contributed by atoms with Gasteiger partial charge in [-0.25, -0.2) is 9.97 Å². The van der Waals surface area contributed by atoms with Crippen molar-refractivity contribution >= 4 is 46.8 Å². The van der Waals surface area contributed by atoms with Crippen molar-refractivity contribution in [3.8, 4) is 11.8 Å². The molecular formula is C23H25ClN8O2. The maximum atomic E-state index is 11.2. The summed E-state index contributed by atoms with van der Waals surface area (Å²) in [6.07, 6.45) is 2.18. The molecule has 0 aliphatic carbocycles. The summed E-state index contributed by atoms with van der Waals surface area (Å²) in [6, 6.07) is 9.22. The number of benzene rings is 1. The van der Waals surface area contributed by atoms with Crippen LogP contribution in [-0.2, 0) is 4.79 Å². The molecule has 0 fully saturated rings. The molecular weight excluding hydrogens is 456 g/mol. The van der Waals surface area contributed by atoms with E-state index in [9.17, 15) is 10.1 Å². The molecule has 0 aliphatic heterocycles. The van der Waals surface area contributed by atoms with Gasteiger partial charge >= 0.3 is 0 Å². The van der Waals surface area contributed by atoms with Crippen LogP contribution in [0.15, 0.2) is 30.5 Å². The third-order valence-electron chi connectivity index (χ3n) is 4.86. The number of hydrogen-bond donors (Lipinski definition) is 3. The number of carbonyl (C=O) groups excluding carboxylic acids is 1. The quantitative estimate of drug-likeness (QED) is 0.293. The molecule has 0 aliphatic rings. The smallest absolute Gasteiger partial charge is 0.227 e. The molecule has 176 valence electrons. The van der Waals surface area contributed by atoms with E-state index in [1.807, 2.05) is 26.8 Å². The zero-order chi connectivity index (χ0) is 24.8. The number of methoxy groups -OCH3 is 1. The lowest BCUT2D eigenvalue weighted by Gasteiger charge is -2.20. The van der Waals surface area contributed by atoms with Crippen molar-refractivity contribution in [3.05, 3.63) is 52.4 Å². The molecule has 0 saturated carbocycles. The van der Waals surface area contributed by atoms with Gasteiger partial charge in [-0.15, -0.1) is 0 Å². The molecule has 1 amide bonds. The number of ether oxygens (including phenoxy) is 1. The standard InChI is InChI=1S/C23H25ClN8O2/c1-13(2)21-18(10-25)28-20(11-26-21)29-19-9-17(14(3)23(30-19)31-32(4)12-33)27-16-8-6-7-15(24)22(16)34-5/h6-9,11-13H,1-5H3,(H3,27,28,29,30,31). The van der Waals surface area contributed by atoms with E-state index in [4.69, 9.17) is 16.3 Å². The topological polar surface area (TPSA) is 128 Å². The number of nitrogens with zero attached hydrogens (tertiary/aromatic N) is 5. The summed E-state index contributed by atoms with van der Waals surface area (Å²) in [5.41, 5.74) is 5.85. The number of aromatic nitrogens is 3. The first-order chi connectivity index (χ1) is 16.3. The van der Waals surface area contributed by atoms with E-state index >= 15 is 0 Å². The zero-order valence-electron chi connectivity index (χ0n) is 19.5. The number of hydrogen-bond acceptors (Lipinski definition) is 9. The number of amides is 1. The fraction of sp³-hybridized carbons (Fsp3) is 0.261. The van der Waals surface area contributed by atoms with Crippen LogP contribution < -0.4 is 20.8 Å². The number of anilines is 5. The van der Waals surface area contributed by atoms with Gasteiger partial charge in [0.15, 0.2) is 23.1 Å². The molecule has 0 unspecified atom stereocenters. The van der Waals surface area contributed by atoms with Gasteiger partial charge in [-0.3, -0.25) is 20.2 Å². The predicted octanol–water partition coefficient (Wildman–Crippen LogP) is 4.74. The number of carbonyl (C=O) groups is 1. The van der Waals surface area contributed by atoms with Crippen molar-refractivity contribution in [1.29, 1.82) is 5.26 Å². The van der Waals surface area contributed by atoms with E-state index in [0.717, 1.165) is 5.56 Å². The van der Waals surface area contributed by atoms with Gasteiger partial charge in [0, 0.05) is 24.4 Å². The number of nitriles is 1. The van der Waals surface area contributed by atoms with E-state index in [-0.39, 0.29) is 11.6 Å². The van der Waals surface area contributed by atoms with Crippen LogP contribution in [0.1, 0.15) is 36.7 Å². The number of pyridine rings is 1. The van der Waals surface area contributed by atoms with E-state index in [1.165, 1.54) is 12.1 Å². The largest absolute Gasteiger partial charge is 0.493 e. The lowest BCUT2D eigenvalue weighted by Crippen LogP contribution is -2.24. The summed E-state index contributed by atoms with van der Waals surface area (Å²) in [5.74, 6) is 1.75. The van der Waals surface area contributed by atoms with Gasteiger partial charge in [-0.2, -0.15) is 5.26 Å². The Morgan fingerprint density at radius 3 is 2.62 bits per heavy atom. The third kappa shape index (κ3) is 5.44. The summed E-state index contributed by atoms with van der Waals surface area (Å²) in [6.45, 7) is 5.74. The normalized spacial score (nSPS) is 10.4. The van der Waals surface area contributed by atoms with Crippen LogP contribution in [-0.4, -0.2) is 40.5 Å². The molecule has 0 radical (unpaired) electrons. The van der Waals surface area contributed by atoms with Crippen molar-refractivity contribution in [2.24, 2.45) is 0 Å². The molecule has 11 heteroatoms. The second kappa shape index (κ2) is 10.7. The lowest BCUT2D eigenvalue weighted by molar-refractivity contribution is -0.115. The minimum atomic E-state index is 0.0619. The molecule has 3 N–H and O–H groups in total. The SMILES string of the molecule is COc1c(Cl)cccc1Nc1cc(Nc2cnc(C(C)C)c(C#N)n2)nc(NN(C)C=O)c1C. The first kappa shape index (κ1) is 24.5. The van der Waals surface area contributed by atoms with Gasteiger partial charge in [0.1, 0.15) is 11.9 Å². The number of rotatable bonds is 9. The second-order valence-corrected chi connectivity index (χ2v) is 8.09. The molecule has 0 bridgehead atoms. The Balaban J connectivity index is 2.04. The van der Waals surface area contributed by atoms with Gasteiger partial charge < -0.3 is 15.4 Å². The molecule has 0 saturated heterocycles. The Bertz CT molecular complexity index is 1240. The second-order valence-electron chi connectivity index (χ2n) is 7.68. The number of para-hydroxylation sites is 1. The minimum Gasteiger partial charge on any atom is -0.493 e. The Labute approximate surface area is 202 Å². The molecule has 2 heterocycles. The lowest BCUT2D eigenvalue weighted by atomic mass is 10.1. The van der Waals surface area contributed by atoms with Crippen LogP contribution in [0.25, 0.3) is 0 Å². The molecule has 34 heavy (non-hydrogen) atoms. The summed E-state index contributed by atoms with van der Waals surface area (Å²) >= 11 is 6.27. The minimum absolute atomic E-state index is 0.0619. The molecule has 2 aromatic heterocycles. The van der Waals surface area contributed by atoms with Crippen molar-refractivity contribution in [1.82, 2.24) is 20.0 Å². The van der Waals surface area contributed by atoms with Crippen molar-refractivity contribution in [2.45, 2.75) is 26.7 Å². The van der Waals surface area contributed by atoms with Crippen molar-refractivity contribution in [2.75, 3.05) is 30.2 Å². The highest BCUT2D eigenvalue weighted by atomic mass is 35.5. The van der Waals surface area contributed by atoms with Crippen LogP contribution in [0.5, 0.6) is 5.75 Å². The predicted molar refractivity (Wildman–Crippen MR) is 132 cm³/mol. The highest BCUT2D eigenvalue weighted by molar-refractivity contribution is 6.32.